The van der Waals surface area contributed by atoms with E-state index >= 15 is 0 Å². The fraction of sp³-hybridized carbons (Fsp3) is 0.778. The summed E-state index contributed by atoms with van der Waals surface area (Å²) < 4.78 is 9.25. The molecule has 5 heteroatoms. The standard InChI is InChI=1S/C9H17NO4/c1-10(7-9(12)14-3)8(11)5-4-6-13-2/h4-7H2,1-3H3. The highest BCUT2D eigenvalue weighted by molar-refractivity contribution is 5.81. The largest absolute Gasteiger partial charge is 0.468 e. The topological polar surface area (TPSA) is 55.8 Å². The van der Waals surface area contributed by atoms with Gasteiger partial charge in [-0.1, -0.05) is 0 Å². The van der Waals surface area contributed by atoms with Gasteiger partial charge in [0.05, 0.1) is 7.11 Å². The van der Waals surface area contributed by atoms with Crippen LogP contribution in [-0.2, 0) is 19.1 Å². The van der Waals surface area contributed by atoms with E-state index in [9.17, 15) is 9.59 Å². The molecule has 0 aromatic heterocycles. The third kappa shape index (κ3) is 5.53. The highest BCUT2D eigenvalue weighted by atomic mass is 16.5. The lowest BCUT2D eigenvalue weighted by Crippen LogP contribution is -2.32. The lowest BCUT2D eigenvalue weighted by atomic mass is 10.3. The molecule has 1 amide bonds. The average molecular weight is 203 g/mol. The molecule has 0 saturated heterocycles. The second-order valence-electron chi connectivity index (χ2n) is 2.92. The van der Waals surface area contributed by atoms with Crippen molar-refractivity contribution in [1.82, 2.24) is 4.90 Å². The number of nitrogens with zero attached hydrogens (tertiary/aromatic N) is 1. The number of rotatable bonds is 6. The maximum absolute atomic E-state index is 11.3. The van der Waals surface area contributed by atoms with Gasteiger partial charge in [-0.15, -0.1) is 0 Å². The molecule has 0 atom stereocenters. The van der Waals surface area contributed by atoms with Gasteiger partial charge in [0, 0.05) is 27.2 Å². The first-order chi connectivity index (χ1) is 6.61. The first-order valence-corrected chi connectivity index (χ1v) is 4.41. The molecule has 0 N–H and O–H groups in total. The molecule has 0 unspecified atom stereocenters. The van der Waals surface area contributed by atoms with Crippen molar-refractivity contribution in [3.63, 3.8) is 0 Å². The fourth-order valence-electron chi connectivity index (χ4n) is 0.905. The van der Waals surface area contributed by atoms with Crippen molar-refractivity contribution < 1.29 is 19.1 Å². The van der Waals surface area contributed by atoms with Crippen LogP contribution in [0.1, 0.15) is 12.8 Å². The third-order valence-electron chi connectivity index (χ3n) is 1.76. The zero-order chi connectivity index (χ0) is 11.0. The van der Waals surface area contributed by atoms with Gasteiger partial charge in [0.1, 0.15) is 6.54 Å². The molecule has 0 aliphatic heterocycles. The lowest BCUT2D eigenvalue weighted by Gasteiger charge is -2.15. The first-order valence-electron chi connectivity index (χ1n) is 4.41. The minimum Gasteiger partial charge on any atom is -0.468 e. The average Bonchev–Trinajstić information content (AvgIpc) is 2.17. The second-order valence-corrected chi connectivity index (χ2v) is 2.92. The smallest absolute Gasteiger partial charge is 0.325 e. The molecular formula is C9H17NO4. The van der Waals surface area contributed by atoms with Crippen molar-refractivity contribution in [3.05, 3.63) is 0 Å². The summed E-state index contributed by atoms with van der Waals surface area (Å²) in [5.74, 6) is -0.486. The quantitative estimate of drug-likeness (QED) is 0.452. The van der Waals surface area contributed by atoms with Gasteiger partial charge in [-0.3, -0.25) is 9.59 Å². The summed E-state index contributed by atoms with van der Waals surface area (Å²) in [6.07, 6.45) is 1.06. The molecule has 5 nitrogen and oxygen atoms in total. The van der Waals surface area contributed by atoms with E-state index < -0.39 is 5.97 Å². The molecule has 0 heterocycles. The number of amides is 1. The second kappa shape index (κ2) is 7.32. The van der Waals surface area contributed by atoms with Crippen LogP contribution in [0.4, 0.5) is 0 Å². The zero-order valence-electron chi connectivity index (χ0n) is 8.91. The summed E-state index contributed by atoms with van der Waals surface area (Å²) in [4.78, 5) is 23.5. The fourth-order valence-corrected chi connectivity index (χ4v) is 0.905. The summed E-state index contributed by atoms with van der Waals surface area (Å²) in [6, 6.07) is 0. The Kier molecular flexibility index (Phi) is 6.74. The number of hydrogen-bond donors (Lipinski definition) is 0. The summed E-state index contributed by atoms with van der Waals surface area (Å²) in [5.41, 5.74) is 0. The maximum atomic E-state index is 11.3. The van der Waals surface area contributed by atoms with Crippen molar-refractivity contribution >= 4 is 11.9 Å². The van der Waals surface area contributed by atoms with Gasteiger partial charge in [0.15, 0.2) is 0 Å². The normalized spacial score (nSPS) is 9.64. The molecule has 0 fully saturated rings. The van der Waals surface area contributed by atoms with E-state index in [-0.39, 0.29) is 12.5 Å². The number of esters is 1. The summed E-state index contributed by atoms with van der Waals surface area (Å²) in [7, 11) is 4.46. The Morgan fingerprint density at radius 1 is 1.29 bits per heavy atom. The van der Waals surface area contributed by atoms with E-state index in [1.54, 1.807) is 14.2 Å². The number of ether oxygens (including phenoxy) is 2. The molecule has 0 rings (SSSR count). The molecular weight excluding hydrogens is 186 g/mol. The van der Waals surface area contributed by atoms with Gasteiger partial charge < -0.3 is 14.4 Å². The van der Waals surface area contributed by atoms with Crippen molar-refractivity contribution in [2.24, 2.45) is 0 Å². The molecule has 0 bridgehead atoms. The molecule has 0 aliphatic carbocycles. The van der Waals surface area contributed by atoms with E-state index in [1.807, 2.05) is 0 Å². The Morgan fingerprint density at radius 3 is 2.43 bits per heavy atom. The number of carbonyl (C=O) groups excluding carboxylic acids is 2. The predicted molar refractivity (Wildman–Crippen MR) is 50.8 cm³/mol. The van der Waals surface area contributed by atoms with Crippen LogP contribution in [0.15, 0.2) is 0 Å². The Bertz CT molecular complexity index is 193. The maximum Gasteiger partial charge on any atom is 0.325 e. The Balaban J connectivity index is 3.70. The molecule has 0 saturated carbocycles. The van der Waals surface area contributed by atoms with E-state index in [1.165, 1.54) is 12.0 Å². The minimum atomic E-state index is -0.410. The van der Waals surface area contributed by atoms with Crippen LogP contribution in [0, 0.1) is 0 Å². The first kappa shape index (κ1) is 12.9. The third-order valence-corrected chi connectivity index (χ3v) is 1.76. The predicted octanol–water partition coefficient (Wildman–Crippen LogP) is 0.0444. The van der Waals surface area contributed by atoms with Gasteiger partial charge in [0.25, 0.3) is 0 Å². The van der Waals surface area contributed by atoms with Gasteiger partial charge >= 0.3 is 5.97 Å². The number of methoxy groups -OCH3 is 2. The number of carbonyl (C=O) groups is 2. The van der Waals surface area contributed by atoms with Crippen LogP contribution >= 0.6 is 0 Å². The lowest BCUT2D eigenvalue weighted by molar-refractivity contribution is -0.146. The molecule has 14 heavy (non-hydrogen) atoms. The highest BCUT2D eigenvalue weighted by Gasteiger charge is 2.12. The van der Waals surface area contributed by atoms with Crippen LogP contribution in [0.3, 0.4) is 0 Å². The van der Waals surface area contributed by atoms with Crippen LogP contribution in [0.2, 0.25) is 0 Å². The highest BCUT2D eigenvalue weighted by Crippen LogP contribution is 1.96. The van der Waals surface area contributed by atoms with Crippen LogP contribution in [0.25, 0.3) is 0 Å². The van der Waals surface area contributed by atoms with E-state index in [2.05, 4.69) is 4.74 Å². The number of hydrogen-bond acceptors (Lipinski definition) is 4. The van der Waals surface area contributed by atoms with Crippen LogP contribution < -0.4 is 0 Å². The Morgan fingerprint density at radius 2 is 1.93 bits per heavy atom. The monoisotopic (exact) mass is 203 g/mol. The molecule has 0 aliphatic rings. The Labute approximate surface area is 84.0 Å². The van der Waals surface area contributed by atoms with E-state index in [4.69, 9.17) is 4.74 Å². The van der Waals surface area contributed by atoms with Crippen molar-refractivity contribution in [2.45, 2.75) is 12.8 Å². The number of likely N-dealkylation sites (N-methyl/N-ethyl adjacent to an activating group) is 1. The van der Waals surface area contributed by atoms with Gasteiger partial charge in [-0.2, -0.15) is 0 Å². The van der Waals surface area contributed by atoms with E-state index in [0.717, 1.165) is 0 Å². The van der Waals surface area contributed by atoms with Gasteiger partial charge in [0.2, 0.25) is 5.91 Å². The van der Waals surface area contributed by atoms with E-state index in [0.29, 0.717) is 19.4 Å². The van der Waals surface area contributed by atoms with Crippen molar-refractivity contribution in [2.75, 3.05) is 34.4 Å². The van der Waals surface area contributed by atoms with Gasteiger partial charge in [-0.05, 0) is 6.42 Å². The summed E-state index contributed by atoms with van der Waals surface area (Å²) in [6.45, 7) is 0.556. The van der Waals surface area contributed by atoms with Crippen LogP contribution in [-0.4, -0.2) is 51.2 Å². The Hall–Kier alpha value is -1.10. The molecule has 82 valence electrons. The van der Waals surface area contributed by atoms with Crippen molar-refractivity contribution in [3.8, 4) is 0 Å². The minimum absolute atomic E-state index is 0.00230. The molecule has 0 radical (unpaired) electrons. The van der Waals surface area contributed by atoms with Gasteiger partial charge in [-0.25, -0.2) is 0 Å². The molecule has 0 aromatic carbocycles. The van der Waals surface area contributed by atoms with Crippen LogP contribution in [0.5, 0.6) is 0 Å². The molecule has 0 spiro atoms. The summed E-state index contributed by atoms with van der Waals surface area (Å²) in [5, 5.41) is 0. The van der Waals surface area contributed by atoms with Crippen molar-refractivity contribution in [1.29, 1.82) is 0 Å². The SMILES string of the molecule is COCCCC(=O)N(C)CC(=O)OC. The molecule has 0 aromatic rings. The zero-order valence-corrected chi connectivity index (χ0v) is 8.91. The summed E-state index contributed by atoms with van der Waals surface area (Å²) >= 11 is 0.